The lowest BCUT2D eigenvalue weighted by atomic mass is 9.73. The SMILES string of the molecule is N[C@@H]1c2ccccc2CC12CCN(c1ncc(C#CCOc3ccc(S(N)(=O)=O)cc3)nc1CO)CC2. The van der Waals surface area contributed by atoms with Crippen LogP contribution in [0.25, 0.3) is 0 Å². The molecule has 10 heteroatoms. The smallest absolute Gasteiger partial charge is 0.238 e. The van der Waals surface area contributed by atoms with Crippen molar-refractivity contribution in [3.05, 3.63) is 77.2 Å². The highest BCUT2D eigenvalue weighted by Crippen LogP contribution is 2.50. The van der Waals surface area contributed by atoms with Crippen LogP contribution >= 0.6 is 0 Å². The number of aromatic nitrogens is 2. The first-order chi connectivity index (χ1) is 17.8. The van der Waals surface area contributed by atoms with Crippen molar-refractivity contribution >= 4 is 15.8 Å². The van der Waals surface area contributed by atoms with E-state index in [4.69, 9.17) is 15.6 Å². The maximum atomic E-state index is 11.3. The van der Waals surface area contributed by atoms with Gasteiger partial charge in [0, 0.05) is 19.1 Å². The summed E-state index contributed by atoms with van der Waals surface area (Å²) in [7, 11) is -3.75. The Kier molecular flexibility index (Phi) is 6.88. The van der Waals surface area contributed by atoms with Crippen LogP contribution in [0.3, 0.4) is 0 Å². The van der Waals surface area contributed by atoms with E-state index in [0.29, 0.717) is 23.0 Å². The molecule has 9 nitrogen and oxygen atoms in total. The zero-order valence-corrected chi connectivity index (χ0v) is 21.1. The lowest BCUT2D eigenvalue weighted by Gasteiger charge is -2.42. The molecule has 1 aliphatic heterocycles. The highest BCUT2D eigenvalue weighted by atomic mass is 32.2. The van der Waals surface area contributed by atoms with E-state index in [-0.39, 0.29) is 29.6 Å². The molecule has 2 aliphatic rings. The maximum Gasteiger partial charge on any atom is 0.238 e. The number of fused-ring (bicyclic) bond motifs is 1. The second kappa shape index (κ2) is 10.1. The third-order valence-electron chi connectivity index (χ3n) is 7.30. The van der Waals surface area contributed by atoms with E-state index in [2.05, 4.69) is 51.0 Å². The number of aliphatic hydroxyl groups is 1. The number of ether oxygens (including phenoxy) is 1. The van der Waals surface area contributed by atoms with E-state index >= 15 is 0 Å². The number of hydrogen-bond acceptors (Lipinski definition) is 8. The van der Waals surface area contributed by atoms with Gasteiger partial charge in [0.2, 0.25) is 10.0 Å². The van der Waals surface area contributed by atoms with E-state index in [1.54, 1.807) is 6.20 Å². The fourth-order valence-corrected chi connectivity index (χ4v) is 5.81. The fourth-order valence-electron chi connectivity index (χ4n) is 5.29. The Labute approximate surface area is 216 Å². The van der Waals surface area contributed by atoms with Gasteiger partial charge in [0.05, 0.1) is 17.7 Å². The van der Waals surface area contributed by atoms with Crippen LogP contribution in [0.15, 0.2) is 59.6 Å². The summed E-state index contributed by atoms with van der Waals surface area (Å²) in [5.41, 5.74) is 10.3. The molecule has 37 heavy (non-hydrogen) atoms. The van der Waals surface area contributed by atoms with Gasteiger partial charge in [-0.3, -0.25) is 0 Å². The van der Waals surface area contributed by atoms with Crippen molar-refractivity contribution in [3.63, 3.8) is 0 Å². The van der Waals surface area contributed by atoms with Gasteiger partial charge in [0.1, 0.15) is 23.7 Å². The predicted octanol–water partition coefficient (Wildman–Crippen LogP) is 1.89. The number of hydrogen-bond donors (Lipinski definition) is 3. The molecule has 2 heterocycles. The summed E-state index contributed by atoms with van der Waals surface area (Å²) in [6.07, 6.45) is 4.51. The van der Waals surface area contributed by atoms with Crippen LogP contribution < -0.4 is 20.5 Å². The van der Waals surface area contributed by atoms with E-state index in [1.165, 1.54) is 35.4 Å². The van der Waals surface area contributed by atoms with Crippen molar-refractivity contribution in [2.24, 2.45) is 16.3 Å². The van der Waals surface area contributed by atoms with E-state index in [1.807, 2.05) is 0 Å². The van der Waals surface area contributed by atoms with E-state index < -0.39 is 10.0 Å². The van der Waals surface area contributed by atoms with Gasteiger partial charge in [-0.1, -0.05) is 30.2 Å². The molecule has 0 unspecified atom stereocenters. The van der Waals surface area contributed by atoms with Gasteiger partial charge in [0.25, 0.3) is 0 Å². The van der Waals surface area contributed by atoms with Crippen LogP contribution in [0.2, 0.25) is 0 Å². The molecule has 192 valence electrons. The van der Waals surface area contributed by atoms with Crippen LogP contribution in [0, 0.1) is 17.3 Å². The first-order valence-corrected chi connectivity index (χ1v) is 13.6. The highest BCUT2D eigenvalue weighted by Gasteiger charge is 2.46. The summed E-state index contributed by atoms with van der Waals surface area (Å²) in [4.78, 5) is 11.3. The number of anilines is 1. The van der Waals surface area contributed by atoms with Gasteiger partial charge < -0.3 is 20.5 Å². The van der Waals surface area contributed by atoms with Crippen molar-refractivity contribution in [1.29, 1.82) is 0 Å². The van der Waals surface area contributed by atoms with Gasteiger partial charge >= 0.3 is 0 Å². The minimum atomic E-state index is -3.75. The summed E-state index contributed by atoms with van der Waals surface area (Å²) in [5, 5.41) is 15.1. The number of benzene rings is 2. The Morgan fingerprint density at radius 2 is 1.86 bits per heavy atom. The second-order valence-electron chi connectivity index (χ2n) is 9.49. The molecular weight excluding hydrogens is 490 g/mol. The number of nitrogens with two attached hydrogens (primary N) is 2. The van der Waals surface area contributed by atoms with Gasteiger partial charge in [-0.05, 0) is 66.0 Å². The summed E-state index contributed by atoms with van der Waals surface area (Å²) in [5.74, 6) is 6.91. The topological polar surface area (TPSA) is 145 Å². The molecular formula is C27H29N5O4S. The molecule has 5 N–H and O–H groups in total. The fraction of sp³-hybridized carbons (Fsp3) is 0.333. The molecule has 0 bridgehead atoms. The normalized spacial score (nSPS) is 18.2. The van der Waals surface area contributed by atoms with E-state index in [9.17, 15) is 13.5 Å². The van der Waals surface area contributed by atoms with Crippen molar-refractivity contribution in [1.82, 2.24) is 9.97 Å². The number of sulfonamides is 1. The average molecular weight is 520 g/mol. The number of primary sulfonamides is 1. The van der Waals surface area contributed by atoms with Crippen molar-refractivity contribution in [2.45, 2.75) is 36.8 Å². The third kappa shape index (κ3) is 5.17. The van der Waals surface area contributed by atoms with Gasteiger partial charge in [-0.15, -0.1) is 0 Å². The zero-order chi connectivity index (χ0) is 26.0. The van der Waals surface area contributed by atoms with Crippen molar-refractivity contribution in [3.8, 4) is 17.6 Å². The van der Waals surface area contributed by atoms with Crippen molar-refractivity contribution < 1.29 is 18.3 Å². The first-order valence-electron chi connectivity index (χ1n) is 12.1. The molecule has 2 aromatic carbocycles. The van der Waals surface area contributed by atoms with Crippen LogP contribution in [-0.4, -0.2) is 43.2 Å². The zero-order valence-electron chi connectivity index (χ0n) is 20.3. The molecule has 1 saturated heterocycles. The molecule has 1 spiro atoms. The van der Waals surface area contributed by atoms with E-state index in [0.717, 1.165) is 32.4 Å². The molecule has 3 aromatic rings. The minimum absolute atomic E-state index is 0.0119. The Balaban J connectivity index is 1.21. The standard InChI is InChI=1S/C27H29N5O4S/c28-25-23-6-2-1-4-19(23)16-27(25)11-13-32(14-12-27)26-24(18-33)31-20(17-30-26)5-3-15-36-21-7-9-22(10-8-21)37(29,34)35/h1-2,4,6-10,17,25,33H,11-16,18,28H2,(H2,29,34,35)/t25-/m1/s1. The van der Waals surface area contributed by atoms with Gasteiger partial charge in [-0.2, -0.15) is 0 Å². The molecule has 0 radical (unpaired) electrons. The number of rotatable bonds is 5. The largest absolute Gasteiger partial charge is 0.481 e. The quantitative estimate of drug-likeness (QED) is 0.434. The lowest BCUT2D eigenvalue weighted by molar-refractivity contribution is 0.186. The minimum Gasteiger partial charge on any atom is -0.481 e. The Hall–Kier alpha value is -3.49. The average Bonchev–Trinajstić information content (AvgIpc) is 3.17. The first kappa shape index (κ1) is 25.2. The number of nitrogens with zero attached hydrogens (tertiary/aromatic N) is 3. The highest BCUT2D eigenvalue weighted by molar-refractivity contribution is 7.89. The molecule has 5 rings (SSSR count). The summed E-state index contributed by atoms with van der Waals surface area (Å²) in [6.45, 7) is 1.43. The van der Waals surface area contributed by atoms with Crippen LogP contribution in [0.4, 0.5) is 5.82 Å². The molecule has 0 saturated carbocycles. The Morgan fingerprint density at radius 1 is 1.14 bits per heavy atom. The second-order valence-corrected chi connectivity index (χ2v) is 11.1. The Bertz CT molecular complexity index is 1460. The molecule has 1 aliphatic carbocycles. The molecule has 1 atom stereocenters. The van der Waals surface area contributed by atoms with Crippen LogP contribution in [0.5, 0.6) is 5.75 Å². The molecule has 1 aromatic heterocycles. The number of piperidine rings is 1. The maximum absolute atomic E-state index is 11.3. The molecule has 1 fully saturated rings. The monoisotopic (exact) mass is 519 g/mol. The van der Waals surface area contributed by atoms with Crippen molar-refractivity contribution in [2.75, 3.05) is 24.6 Å². The summed E-state index contributed by atoms with van der Waals surface area (Å²) in [6, 6.07) is 14.3. The van der Waals surface area contributed by atoms with Gasteiger partial charge in [-0.25, -0.2) is 23.5 Å². The number of aliphatic hydroxyl groups excluding tert-OH is 1. The summed E-state index contributed by atoms with van der Waals surface area (Å²) >= 11 is 0. The van der Waals surface area contributed by atoms with Crippen LogP contribution in [-0.2, 0) is 23.1 Å². The van der Waals surface area contributed by atoms with Crippen LogP contribution in [0.1, 0.15) is 41.4 Å². The summed E-state index contributed by atoms with van der Waals surface area (Å²) < 4.78 is 28.2. The van der Waals surface area contributed by atoms with Gasteiger partial charge in [0.15, 0.2) is 5.82 Å². The molecule has 0 amide bonds. The lowest BCUT2D eigenvalue weighted by Crippen LogP contribution is -2.45. The third-order valence-corrected chi connectivity index (χ3v) is 8.23. The Morgan fingerprint density at radius 3 is 2.54 bits per heavy atom. The predicted molar refractivity (Wildman–Crippen MR) is 139 cm³/mol.